The van der Waals surface area contributed by atoms with Crippen LogP contribution in [0.1, 0.15) is 12.5 Å². The fraction of sp³-hybridized carbons (Fsp3) is 0.227. The summed E-state index contributed by atoms with van der Waals surface area (Å²) in [7, 11) is 0. The van der Waals surface area contributed by atoms with E-state index >= 15 is 0 Å². The lowest BCUT2D eigenvalue weighted by Crippen LogP contribution is -2.33. The standard InChI is InChI=1S/C22H23N5O2S/c1-3-29-18-6-9-20-15(13-18)12-16(14-23)21(27-20)24-10-11-25-22(28)26-17-4-7-19(30-2)8-5-17/h4-9,12-13H,3,10-11H2,1-2H3,(H,24,27)(H2,25,26,28)/p+1. The summed E-state index contributed by atoms with van der Waals surface area (Å²) in [4.78, 5) is 16.4. The molecule has 0 bridgehead atoms. The molecular weight excluding hydrogens is 398 g/mol. The van der Waals surface area contributed by atoms with Gasteiger partial charge in [-0.05, 0) is 61.7 Å². The van der Waals surface area contributed by atoms with Crippen molar-refractivity contribution in [3.8, 4) is 11.8 Å². The van der Waals surface area contributed by atoms with E-state index in [1.165, 1.54) is 0 Å². The largest absolute Gasteiger partial charge is 0.494 e. The Labute approximate surface area is 179 Å². The van der Waals surface area contributed by atoms with Gasteiger partial charge in [0, 0.05) is 16.0 Å². The van der Waals surface area contributed by atoms with E-state index in [1.54, 1.807) is 11.8 Å². The van der Waals surface area contributed by atoms with Gasteiger partial charge in [-0.1, -0.05) is 0 Å². The van der Waals surface area contributed by atoms with Gasteiger partial charge in [-0.2, -0.15) is 5.26 Å². The van der Waals surface area contributed by atoms with Gasteiger partial charge >= 0.3 is 6.03 Å². The molecule has 4 N–H and O–H groups in total. The number of aromatic nitrogens is 1. The zero-order chi connectivity index (χ0) is 21.3. The molecule has 1 aromatic heterocycles. The molecule has 3 aromatic rings. The minimum atomic E-state index is -0.278. The highest BCUT2D eigenvalue weighted by Crippen LogP contribution is 2.21. The van der Waals surface area contributed by atoms with Crippen LogP contribution in [0.3, 0.4) is 0 Å². The van der Waals surface area contributed by atoms with Crippen molar-refractivity contribution >= 4 is 40.2 Å². The molecule has 1 heterocycles. The second-order valence-electron chi connectivity index (χ2n) is 6.39. The molecule has 0 saturated carbocycles. The van der Waals surface area contributed by atoms with E-state index in [2.05, 4.69) is 27.0 Å². The van der Waals surface area contributed by atoms with Crippen LogP contribution in [-0.4, -0.2) is 32.0 Å². The van der Waals surface area contributed by atoms with Crippen molar-refractivity contribution in [2.24, 2.45) is 0 Å². The lowest BCUT2D eigenvalue weighted by atomic mass is 10.1. The first-order valence-electron chi connectivity index (χ1n) is 9.58. The number of H-pyrrole nitrogens is 1. The predicted octanol–water partition coefficient (Wildman–Crippen LogP) is 3.88. The summed E-state index contributed by atoms with van der Waals surface area (Å²) in [5.41, 5.74) is 2.12. The molecule has 0 fully saturated rings. The van der Waals surface area contributed by atoms with Crippen LogP contribution in [-0.2, 0) is 0 Å². The number of nitrogens with one attached hydrogen (secondary N) is 4. The number of hydrogen-bond acceptors (Lipinski definition) is 5. The predicted molar refractivity (Wildman–Crippen MR) is 120 cm³/mol. The molecule has 3 rings (SSSR count). The van der Waals surface area contributed by atoms with Gasteiger partial charge in [-0.15, -0.1) is 11.8 Å². The van der Waals surface area contributed by atoms with E-state index in [0.29, 0.717) is 31.1 Å². The number of nitrogens with zero attached hydrogens (tertiary/aromatic N) is 1. The molecule has 2 amide bonds. The number of carbonyl (C=O) groups is 1. The third-order valence-corrected chi connectivity index (χ3v) is 5.09. The normalized spacial score (nSPS) is 10.3. The molecule has 0 unspecified atom stereocenters. The SMILES string of the molecule is CCOc1ccc2[nH+]c(NCCNC(=O)Nc3ccc(SC)cc3)c(C#N)cc2c1. The first-order chi connectivity index (χ1) is 14.6. The third-order valence-electron chi connectivity index (χ3n) is 4.34. The van der Waals surface area contributed by atoms with Crippen LogP contribution in [0.4, 0.5) is 16.3 Å². The number of benzene rings is 2. The summed E-state index contributed by atoms with van der Waals surface area (Å²) in [6.45, 7) is 3.38. The van der Waals surface area contributed by atoms with E-state index in [1.807, 2.05) is 61.7 Å². The molecule has 8 heteroatoms. The Kier molecular flexibility index (Phi) is 7.35. The first kappa shape index (κ1) is 21.3. The number of aromatic amines is 1. The van der Waals surface area contributed by atoms with Crippen LogP contribution in [0.5, 0.6) is 5.75 Å². The summed E-state index contributed by atoms with van der Waals surface area (Å²) >= 11 is 1.65. The molecule has 7 nitrogen and oxygen atoms in total. The highest BCUT2D eigenvalue weighted by atomic mass is 32.2. The fourth-order valence-corrected chi connectivity index (χ4v) is 3.31. The van der Waals surface area contributed by atoms with Crippen molar-refractivity contribution in [1.29, 1.82) is 5.26 Å². The average Bonchev–Trinajstić information content (AvgIpc) is 2.77. The van der Waals surface area contributed by atoms with Crippen LogP contribution in [0.2, 0.25) is 0 Å². The number of thioether (sulfide) groups is 1. The Morgan fingerprint density at radius 2 is 1.97 bits per heavy atom. The van der Waals surface area contributed by atoms with Crippen LogP contribution < -0.4 is 25.7 Å². The Hall–Kier alpha value is -3.44. The Morgan fingerprint density at radius 3 is 2.67 bits per heavy atom. The van der Waals surface area contributed by atoms with Crippen molar-refractivity contribution in [3.63, 3.8) is 0 Å². The summed E-state index contributed by atoms with van der Waals surface area (Å²) in [6, 6.07) is 17.1. The summed E-state index contributed by atoms with van der Waals surface area (Å²) in [6.07, 6.45) is 2.00. The number of urea groups is 1. The van der Waals surface area contributed by atoms with Gasteiger partial charge in [0.1, 0.15) is 29.4 Å². The van der Waals surface area contributed by atoms with Crippen molar-refractivity contribution in [3.05, 3.63) is 54.1 Å². The number of anilines is 2. The number of hydrogen-bond donors (Lipinski definition) is 3. The zero-order valence-corrected chi connectivity index (χ0v) is 17.7. The lowest BCUT2D eigenvalue weighted by molar-refractivity contribution is -0.327. The summed E-state index contributed by atoms with van der Waals surface area (Å²) < 4.78 is 5.51. The summed E-state index contributed by atoms with van der Waals surface area (Å²) in [5.74, 6) is 1.38. The second kappa shape index (κ2) is 10.4. The lowest BCUT2D eigenvalue weighted by Gasteiger charge is -2.08. The fourth-order valence-electron chi connectivity index (χ4n) is 2.90. The van der Waals surface area contributed by atoms with E-state index in [-0.39, 0.29) is 6.03 Å². The van der Waals surface area contributed by atoms with Gasteiger partial charge in [0.05, 0.1) is 13.2 Å². The maximum absolute atomic E-state index is 12.0. The molecular formula is C22H24N5O2S+. The molecule has 0 aliphatic heterocycles. The minimum Gasteiger partial charge on any atom is -0.494 e. The minimum absolute atomic E-state index is 0.278. The van der Waals surface area contributed by atoms with Crippen LogP contribution in [0.25, 0.3) is 10.9 Å². The van der Waals surface area contributed by atoms with Gasteiger partial charge in [0.15, 0.2) is 0 Å². The molecule has 0 spiro atoms. The second-order valence-corrected chi connectivity index (χ2v) is 7.27. The number of nitriles is 1. The van der Waals surface area contributed by atoms with E-state index in [9.17, 15) is 10.1 Å². The van der Waals surface area contributed by atoms with Crippen molar-refractivity contribution in [2.45, 2.75) is 11.8 Å². The van der Waals surface area contributed by atoms with Gasteiger partial charge < -0.3 is 15.4 Å². The third kappa shape index (κ3) is 5.55. The summed E-state index contributed by atoms with van der Waals surface area (Å²) in [5, 5.41) is 19.1. The zero-order valence-electron chi connectivity index (χ0n) is 16.9. The van der Waals surface area contributed by atoms with E-state index < -0.39 is 0 Å². The number of amides is 2. The highest BCUT2D eigenvalue weighted by molar-refractivity contribution is 7.98. The highest BCUT2D eigenvalue weighted by Gasteiger charge is 2.13. The maximum Gasteiger partial charge on any atom is 0.319 e. The Bertz CT molecular complexity index is 1060. The van der Waals surface area contributed by atoms with Gasteiger partial charge in [-0.3, -0.25) is 5.32 Å². The molecule has 2 aromatic carbocycles. The molecule has 154 valence electrons. The van der Waals surface area contributed by atoms with Crippen LogP contribution >= 0.6 is 11.8 Å². The molecule has 0 aliphatic carbocycles. The topological polar surface area (TPSA) is 100 Å². The van der Waals surface area contributed by atoms with E-state index in [0.717, 1.165) is 27.2 Å². The molecule has 30 heavy (non-hydrogen) atoms. The van der Waals surface area contributed by atoms with Gasteiger partial charge in [0.2, 0.25) is 0 Å². The molecule has 0 aliphatic rings. The van der Waals surface area contributed by atoms with Crippen LogP contribution in [0.15, 0.2) is 53.4 Å². The molecule has 0 atom stereocenters. The monoisotopic (exact) mass is 422 g/mol. The average molecular weight is 423 g/mol. The van der Waals surface area contributed by atoms with Gasteiger partial charge in [0.25, 0.3) is 5.82 Å². The number of pyridine rings is 1. The number of carbonyl (C=O) groups excluding carboxylic acids is 1. The van der Waals surface area contributed by atoms with Crippen LogP contribution in [0, 0.1) is 11.3 Å². The number of rotatable bonds is 8. The maximum atomic E-state index is 12.0. The van der Waals surface area contributed by atoms with Crippen molar-refractivity contribution in [2.75, 3.05) is 36.6 Å². The number of fused-ring (bicyclic) bond motifs is 1. The first-order valence-corrected chi connectivity index (χ1v) is 10.8. The molecule has 0 saturated heterocycles. The Morgan fingerprint density at radius 1 is 1.17 bits per heavy atom. The number of ether oxygens (including phenoxy) is 1. The quantitative estimate of drug-likeness (QED) is 0.378. The molecule has 0 radical (unpaired) electrons. The smallest absolute Gasteiger partial charge is 0.319 e. The van der Waals surface area contributed by atoms with Gasteiger partial charge in [-0.25, -0.2) is 9.78 Å². The van der Waals surface area contributed by atoms with Crippen molar-refractivity contribution < 1.29 is 14.5 Å². The van der Waals surface area contributed by atoms with Crippen molar-refractivity contribution in [1.82, 2.24) is 5.32 Å². The van der Waals surface area contributed by atoms with E-state index in [4.69, 9.17) is 4.74 Å². The Balaban J connectivity index is 1.55.